The molecule has 1 aliphatic carbocycles. The van der Waals surface area contributed by atoms with Crippen molar-refractivity contribution in [1.29, 1.82) is 0 Å². The number of benzene rings is 2. The van der Waals surface area contributed by atoms with Gasteiger partial charge in [-0.15, -0.1) is 0 Å². The minimum atomic E-state index is -0.116. The summed E-state index contributed by atoms with van der Waals surface area (Å²) in [6.07, 6.45) is 6.96. The van der Waals surface area contributed by atoms with Gasteiger partial charge in [0.05, 0.1) is 17.6 Å². The molecule has 31 heavy (non-hydrogen) atoms. The average Bonchev–Trinajstić information content (AvgIpc) is 3.24. The number of thioether (sulfide) groups is 1. The van der Waals surface area contributed by atoms with Crippen LogP contribution < -0.4 is 5.32 Å². The molecule has 0 atom stereocenters. The zero-order chi connectivity index (χ0) is 21.6. The fourth-order valence-electron chi connectivity index (χ4n) is 3.96. The maximum absolute atomic E-state index is 13.5. The highest BCUT2D eigenvalue weighted by Crippen LogP contribution is 2.31. The van der Waals surface area contributed by atoms with Gasteiger partial charge in [-0.05, 0) is 31.9 Å². The van der Waals surface area contributed by atoms with Crippen LogP contribution in [0.4, 0.5) is 5.69 Å². The van der Waals surface area contributed by atoms with Crippen molar-refractivity contribution in [1.82, 2.24) is 9.55 Å². The minimum absolute atomic E-state index is 0.0196. The van der Waals surface area contributed by atoms with Crippen molar-refractivity contribution >= 4 is 29.3 Å². The number of imidazole rings is 1. The van der Waals surface area contributed by atoms with E-state index in [1.165, 1.54) is 18.2 Å². The summed E-state index contributed by atoms with van der Waals surface area (Å²) in [5.74, 6) is 0.190. The molecule has 1 aliphatic rings. The standard InChI is InChI=1S/C25H27N3O2S/c1-18-12-14-21(15-13-18)27-23(29)17-31-25-26-16-22(19-8-4-2-5-9-19)28(25)24(30)20-10-6-3-7-11-20/h2,4-5,8-9,12-16,20H,3,6-7,10-11,17H2,1H3,(H,27,29). The van der Waals surface area contributed by atoms with Gasteiger partial charge in [0.25, 0.3) is 0 Å². The molecule has 1 saturated carbocycles. The molecule has 1 heterocycles. The first kappa shape index (κ1) is 21.4. The van der Waals surface area contributed by atoms with Crippen LogP contribution in [0, 0.1) is 12.8 Å². The van der Waals surface area contributed by atoms with Crippen LogP contribution in [0.3, 0.4) is 0 Å². The molecule has 4 rings (SSSR count). The van der Waals surface area contributed by atoms with E-state index in [1.54, 1.807) is 10.8 Å². The van der Waals surface area contributed by atoms with Crippen molar-refractivity contribution < 1.29 is 9.59 Å². The molecule has 0 radical (unpaired) electrons. The van der Waals surface area contributed by atoms with Gasteiger partial charge in [-0.1, -0.05) is 79.1 Å². The van der Waals surface area contributed by atoms with E-state index in [1.807, 2.05) is 61.5 Å². The summed E-state index contributed by atoms with van der Waals surface area (Å²) < 4.78 is 1.73. The molecule has 0 aliphatic heterocycles. The first-order chi connectivity index (χ1) is 15.1. The van der Waals surface area contributed by atoms with Gasteiger partial charge in [-0.3, -0.25) is 14.2 Å². The number of nitrogens with zero attached hydrogens (tertiary/aromatic N) is 2. The second kappa shape index (κ2) is 9.96. The monoisotopic (exact) mass is 433 g/mol. The summed E-state index contributed by atoms with van der Waals surface area (Å²) in [5, 5.41) is 3.49. The van der Waals surface area contributed by atoms with Gasteiger partial charge in [0.2, 0.25) is 11.8 Å². The summed E-state index contributed by atoms with van der Waals surface area (Å²) in [5.41, 5.74) is 3.65. The van der Waals surface area contributed by atoms with E-state index in [9.17, 15) is 9.59 Å². The van der Waals surface area contributed by atoms with E-state index in [0.717, 1.165) is 48.2 Å². The van der Waals surface area contributed by atoms with E-state index in [4.69, 9.17) is 0 Å². The lowest BCUT2D eigenvalue weighted by Crippen LogP contribution is -2.25. The first-order valence-corrected chi connectivity index (χ1v) is 11.8. The average molecular weight is 434 g/mol. The predicted molar refractivity (Wildman–Crippen MR) is 125 cm³/mol. The number of rotatable bonds is 6. The second-order valence-corrected chi connectivity index (χ2v) is 8.95. The molecule has 1 N–H and O–H groups in total. The Balaban J connectivity index is 1.53. The van der Waals surface area contributed by atoms with Crippen molar-refractivity contribution in [2.45, 2.75) is 44.2 Å². The number of carbonyl (C=O) groups excluding carboxylic acids is 2. The normalized spacial score (nSPS) is 14.4. The molecule has 0 spiro atoms. The van der Waals surface area contributed by atoms with Gasteiger partial charge in [-0.25, -0.2) is 4.98 Å². The summed E-state index contributed by atoms with van der Waals surface area (Å²) in [6, 6.07) is 17.5. The number of aryl methyl sites for hydroxylation is 1. The molecule has 0 unspecified atom stereocenters. The lowest BCUT2D eigenvalue weighted by Gasteiger charge is -2.22. The highest BCUT2D eigenvalue weighted by molar-refractivity contribution is 7.99. The highest BCUT2D eigenvalue weighted by atomic mass is 32.2. The minimum Gasteiger partial charge on any atom is -0.325 e. The molecule has 5 nitrogen and oxygen atoms in total. The maximum Gasteiger partial charge on any atom is 0.236 e. The fraction of sp³-hybridized carbons (Fsp3) is 0.320. The molecule has 0 saturated heterocycles. The van der Waals surface area contributed by atoms with Crippen LogP contribution in [0.1, 0.15) is 42.5 Å². The first-order valence-electron chi connectivity index (χ1n) is 10.8. The molecular weight excluding hydrogens is 406 g/mol. The summed E-state index contributed by atoms with van der Waals surface area (Å²) in [7, 11) is 0. The van der Waals surface area contributed by atoms with Crippen LogP contribution in [-0.2, 0) is 4.79 Å². The van der Waals surface area contributed by atoms with Crippen LogP contribution >= 0.6 is 11.8 Å². The molecule has 2 aromatic carbocycles. The molecule has 0 bridgehead atoms. The largest absolute Gasteiger partial charge is 0.325 e. The van der Waals surface area contributed by atoms with E-state index >= 15 is 0 Å². The van der Waals surface area contributed by atoms with Crippen LogP contribution in [0.5, 0.6) is 0 Å². The van der Waals surface area contributed by atoms with E-state index in [0.29, 0.717) is 5.16 Å². The Morgan fingerprint density at radius 3 is 2.45 bits per heavy atom. The number of anilines is 1. The van der Waals surface area contributed by atoms with Crippen LogP contribution in [0.15, 0.2) is 66.0 Å². The number of aromatic nitrogens is 2. The predicted octanol–water partition coefficient (Wildman–Crippen LogP) is 5.81. The Hall–Kier alpha value is -2.86. The third-order valence-corrected chi connectivity index (χ3v) is 6.59. The SMILES string of the molecule is Cc1ccc(NC(=O)CSc2ncc(-c3ccccc3)n2C(=O)C2CCCCC2)cc1. The Morgan fingerprint density at radius 1 is 1.03 bits per heavy atom. The second-order valence-electron chi connectivity index (χ2n) is 8.00. The quantitative estimate of drug-likeness (QED) is 0.498. The molecule has 1 fully saturated rings. The van der Waals surface area contributed by atoms with Gasteiger partial charge < -0.3 is 5.32 Å². The van der Waals surface area contributed by atoms with Crippen LogP contribution in [-0.4, -0.2) is 27.1 Å². The number of hydrogen-bond donors (Lipinski definition) is 1. The van der Waals surface area contributed by atoms with Crippen molar-refractivity contribution in [2.75, 3.05) is 11.1 Å². The number of amides is 1. The lowest BCUT2D eigenvalue weighted by molar-refractivity contribution is -0.113. The van der Waals surface area contributed by atoms with Crippen LogP contribution in [0.25, 0.3) is 11.3 Å². The summed E-state index contributed by atoms with van der Waals surface area (Å²) in [6.45, 7) is 2.01. The van der Waals surface area contributed by atoms with Crippen LogP contribution in [0.2, 0.25) is 0 Å². The van der Waals surface area contributed by atoms with Gasteiger partial charge >= 0.3 is 0 Å². The summed E-state index contributed by atoms with van der Waals surface area (Å²) in [4.78, 5) is 30.5. The van der Waals surface area contributed by atoms with Crippen molar-refractivity contribution in [3.8, 4) is 11.3 Å². The zero-order valence-electron chi connectivity index (χ0n) is 17.7. The molecule has 6 heteroatoms. The number of carbonyl (C=O) groups is 2. The molecule has 160 valence electrons. The van der Waals surface area contributed by atoms with Crippen molar-refractivity contribution in [2.24, 2.45) is 5.92 Å². The lowest BCUT2D eigenvalue weighted by atomic mass is 9.88. The Labute approximate surface area is 187 Å². The topological polar surface area (TPSA) is 64.0 Å². The van der Waals surface area contributed by atoms with E-state index in [-0.39, 0.29) is 23.5 Å². The Bertz CT molecular complexity index is 1040. The zero-order valence-corrected chi connectivity index (χ0v) is 18.5. The molecule has 1 aromatic heterocycles. The fourth-order valence-corrected chi connectivity index (χ4v) is 4.74. The smallest absolute Gasteiger partial charge is 0.236 e. The Morgan fingerprint density at radius 2 is 1.74 bits per heavy atom. The molecular formula is C25H27N3O2S. The Kier molecular flexibility index (Phi) is 6.87. The number of hydrogen-bond acceptors (Lipinski definition) is 4. The van der Waals surface area contributed by atoms with Gasteiger partial charge in [0, 0.05) is 17.2 Å². The van der Waals surface area contributed by atoms with Gasteiger partial charge in [-0.2, -0.15) is 0 Å². The van der Waals surface area contributed by atoms with Gasteiger partial charge in [0.1, 0.15) is 0 Å². The molecule has 3 aromatic rings. The van der Waals surface area contributed by atoms with Crippen molar-refractivity contribution in [3.05, 3.63) is 66.4 Å². The third-order valence-electron chi connectivity index (χ3n) is 5.64. The summed E-state index contributed by atoms with van der Waals surface area (Å²) >= 11 is 1.30. The van der Waals surface area contributed by atoms with Gasteiger partial charge in [0.15, 0.2) is 5.16 Å². The van der Waals surface area contributed by atoms with Crippen molar-refractivity contribution in [3.63, 3.8) is 0 Å². The highest BCUT2D eigenvalue weighted by Gasteiger charge is 2.27. The van der Waals surface area contributed by atoms with E-state index in [2.05, 4.69) is 10.3 Å². The third kappa shape index (κ3) is 5.25. The number of nitrogens with one attached hydrogen (secondary N) is 1. The maximum atomic E-state index is 13.5. The molecule has 1 amide bonds. The van der Waals surface area contributed by atoms with E-state index < -0.39 is 0 Å².